The van der Waals surface area contributed by atoms with E-state index in [-0.39, 0.29) is 17.4 Å². The molecule has 0 radical (unpaired) electrons. The summed E-state index contributed by atoms with van der Waals surface area (Å²) >= 11 is 1.71. The maximum Gasteiger partial charge on any atom is 0.223 e. The summed E-state index contributed by atoms with van der Waals surface area (Å²) in [5, 5.41) is 6.50. The lowest BCUT2D eigenvalue weighted by molar-refractivity contribution is -0.123. The third-order valence-corrected chi connectivity index (χ3v) is 4.58. The molecule has 108 valence electrons. The minimum atomic E-state index is -0.0448. The average Bonchev–Trinajstić information content (AvgIpc) is 2.54. The molecule has 0 spiro atoms. The first kappa shape index (κ1) is 14.2. The SMILES string of the molecule is O=C1CC(c2ccccc2)NC(SCc2ccccc2)N1. The largest absolute Gasteiger partial charge is 0.332 e. The van der Waals surface area contributed by atoms with E-state index in [1.807, 2.05) is 36.4 Å². The molecule has 1 aliphatic rings. The van der Waals surface area contributed by atoms with E-state index in [4.69, 9.17) is 0 Å². The number of carbonyl (C=O) groups excluding carboxylic acids is 1. The highest BCUT2D eigenvalue weighted by Crippen LogP contribution is 2.24. The Kier molecular flexibility index (Phi) is 4.58. The molecular formula is C17H18N2OS. The molecule has 2 N–H and O–H groups in total. The number of rotatable bonds is 4. The van der Waals surface area contributed by atoms with Crippen LogP contribution in [0.3, 0.4) is 0 Å². The first-order valence-corrected chi connectivity index (χ1v) is 8.12. The Morgan fingerprint density at radius 3 is 2.38 bits per heavy atom. The highest BCUT2D eigenvalue weighted by Gasteiger charge is 2.26. The molecule has 2 aromatic rings. The van der Waals surface area contributed by atoms with Gasteiger partial charge in [-0.2, -0.15) is 0 Å². The number of thioether (sulfide) groups is 1. The molecule has 0 bridgehead atoms. The summed E-state index contributed by atoms with van der Waals surface area (Å²) in [5.74, 6) is 0.980. The predicted octanol–water partition coefficient (Wildman–Crippen LogP) is 3.05. The molecule has 0 aromatic heterocycles. The summed E-state index contributed by atoms with van der Waals surface area (Å²) in [4.78, 5) is 11.9. The van der Waals surface area contributed by atoms with E-state index in [2.05, 4.69) is 34.9 Å². The van der Waals surface area contributed by atoms with Crippen molar-refractivity contribution < 1.29 is 4.79 Å². The number of carbonyl (C=O) groups is 1. The van der Waals surface area contributed by atoms with Crippen LogP contribution in [0, 0.1) is 0 Å². The highest BCUT2D eigenvalue weighted by atomic mass is 32.2. The zero-order valence-corrected chi connectivity index (χ0v) is 12.5. The second kappa shape index (κ2) is 6.78. The molecule has 1 heterocycles. The summed E-state index contributed by atoms with van der Waals surface area (Å²) < 4.78 is 0. The normalized spacial score (nSPS) is 21.8. The third-order valence-electron chi connectivity index (χ3n) is 3.50. The van der Waals surface area contributed by atoms with Crippen LogP contribution in [0.4, 0.5) is 0 Å². The van der Waals surface area contributed by atoms with Crippen molar-refractivity contribution in [3.05, 3.63) is 71.8 Å². The zero-order chi connectivity index (χ0) is 14.5. The van der Waals surface area contributed by atoms with Gasteiger partial charge in [0.15, 0.2) is 0 Å². The Morgan fingerprint density at radius 1 is 1.00 bits per heavy atom. The number of amides is 1. The first-order valence-electron chi connectivity index (χ1n) is 7.07. The van der Waals surface area contributed by atoms with Crippen molar-refractivity contribution in [1.29, 1.82) is 0 Å². The molecule has 2 aromatic carbocycles. The van der Waals surface area contributed by atoms with Gasteiger partial charge in [0, 0.05) is 18.2 Å². The second-order valence-electron chi connectivity index (χ2n) is 5.08. The minimum absolute atomic E-state index is 0.0448. The maximum absolute atomic E-state index is 11.9. The monoisotopic (exact) mass is 298 g/mol. The molecule has 1 saturated heterocycles. The summed E-state index contributed by atoms with van der Waals surface area (Å²) in [7, 11) is 0. The molecule has 1 fully saturated rings. The number of hydrogen-bond acceptors (Lipinski definition) is 3. The summed E-state index contributed by atoms with van der Waals surface area (Å²) in [5.41, 5.74) is 2.38. The van der Waals surface area contributed by atoms with Gasteiger partial charge in [-0.15, -0.1) is 11.8 Å². The van der Waals surface area contributed by atoms with E-state index in [0.29, 0.717) is 6.42 Å². The van der Waals surface area contributed by atoms with E-state index in [1.165, 1.54) is 5.56 Å². The molecule has 4 heteroatoms. The van der Waals surface area contributed by atoms with Gasteiger partial charge in [0.2, 0.25) is 5.91 Å². The van der Waals surface area contributed by atoms with Gasteiger partial charge in [0.1, 0.15) is 5.50 Å². The van der Waals surface area contributed by atoms with Gasteiger partial charge in [-0.1, -0.05) is 60.7 Å². The van der Waals surface area contributed by atoms with Crippen LogP contribution in [0.2, 0.25) is 0 Å². The molecule has 2 atom stereocenters. The van der Waals surface area contributed by atoms with Crippen LogP contribution in [0.15, 0.2) is 60.7 Å². The van der Waals surface area contributed by atoms with Crippen LogP contribution in [0.1, 0.15) is 23.6 Å². The topological polar surface area (TPSA) is 41.1 Å². The van der Waals surface area contributed by atoms with Gasteiger partial charge < -0.3 is 5.32 Å². The van der Waals surface area contributed by atoms with Crippen LogP contribution in [-0.4, -0.2) is 11.4 Å². The molecule has 1 amide bonds. The molecule has 0 saturated carbocycles. The number of benzene rings is 2. The fourth-order valence-electron chi connectivity index (χ4n) is 2.42. The smallest absolute Gasteiger partial charge is 0.223 e. The van der Waals surface area contributed by atoms with E-state index in [0.717, 1.165) is 11.3 Å². The van der Waals surface area contributed by atoms with Crippen LogP contribution in [0.25, 0.3) is 0 Å². The molecule has 3 nitrogen and oxygen atoms in total. The van der Waals surface area contributed by atoms with Crippen molar-refractivity contribution in [3.8, 4) is 0 Å². The molecular weight excluding hydrogens is 280 g/mol. The van der Waals surface area contributed by atoms with Crippen molar-refractivity contribution in [2.45, 2.75) is 23.7 Å². The van der Waals surface area contributed by atoms with E-state index in [9.17, 15) is 4.79 Å². The second-order valence-corrected chi connectivity index (χ2v) is 6.17. The average molecular weight is 298 g/mol. The van der Waals surface area contributed by atoms with Crippen LogP contribution < -0.4 is 10.6 Å². The summed E-state index contributed by atoms with van der Waals surface area (Å²) in [6.45, 7) is 0. The van der Waals surface area contributed by atoms with Crippen molar-refractivity contribution in [3.63, 3.8) is 0 Å². The fraction of sp³-hybridized carbons (Fsp3) is 0.235. The van der Waals surface area contributed by atoms with Crippen molar-refractivity contribution in [2.75, 3.05) is 0 Å². The molecule has 0 aliphatic carbocycles. The van der Waals surface area contributed by atoms with Gasteiger partial charge in [0.05, 0.1) is 0 Å². The standard InChI is InChI=1S/C17H18N2OS/c20-16-11-15(14-9-5-2-6-10-14)18-17(19-16)21-12-13-7-3-1-4-8-13/h1-10,15,17-18H,11-12H2,(H,19,20). The Hall–Kier alpha value is -1.78. The van der Waals surface area contributed by atoms with Crippen LogP contribution >= 0.6 is 11.8 Å². The lowest BCUT2D eigenvalue weighted by Crippen LogP contribution is -2.50. The highest BCUT2D eigenvalue weighted by molar-refractivity contribution is 7.99. The van der Waals surface area contributed by atoms with Crippen LogP contribution in [-0.2, 0) is 10.5 Å². The quantitative estimate of drug-likeness (QED) is 0.911. The van der Waals surface area contributed by atoms with E-state index < -0.39 is 0 Å². The molecule has 2 unspecified atom stereocenters. The molecule has 3 rings (SSSR count). The zero-order valence-electron chi connectivity index (χ0n) is 11.7. The van der Waals surface area contributed by atoms with Gasteiger partial charge >= 0.3 is 0 Å². The van der Waals surface area contributed by atoms with E-state index >= 15 is 0 Å². The Balaban J connectivity index is 1.62. The van der Waals surface area contributed by atoms with Crippen molar-refractivity contribution in [2.24, 2.45) is 0 Å². The minimum Gasteiger partial charge on any atom is -0.332 e. The van der Waals surface area contributed by atoms with Gasteiger partial charge in [-0.05, 0) is 11.1 Å². The van der Waals surface area contributed by atoms with E-state index in [1.54, 1.807) is 11.8 Å². The summed E-state index contributed by atoms with van der Waals surface area (Å²) in [6, 6.07) is 20.5. The fourth-order valence-corrected chi connectivity index (χ4v) is 3.44. The van der Waals surface area contributed by atoms with Gasteiger partial charge in [-0.25, -0.2) is 0 Å². The first-order chi connectivity index (χ1) is 10.3. The third kappa shape index (κ3) is 3.86. The molecule has 1 aliphatic heterocycles. The van der Waals surface area contributed by atoms with Crippen LogP contribution in [0.5, 0.6) is 0 Å². The number of hydrogen-bond donors (Lipinski definition) is 2. The lowest BCUT2D eigenvalue weighted by atomic mass is 10.0. The number of nitrogens with one attached hydrogen (secondary N) is 2. The Bertz CT molecular complexity index is 588. The van der Waals surface area contributed by atoms with Gasteiger partial charge in [-0.3, -0.25) is 10.1 Å². The lowest BCUT2D eigenvalue weighted by Gasteiger charge is -2.31. The molecule has 21 heavy (non-hydrogen) atoms. The van der Waals surface area contributed by atoms with Crippen molar-refractivity contribution >= 4 is 17.7 Å². The van der Waals surface area contributed by atoms with Gasteiger partial charge in [0.25, 0.3) is 0 Å². The maximum atomic E-state index is 11.9. The van der Waals surface area contributed by atoms with Crippen molar-refractivity contribution in [1.82, 2.24) is 10.6 Å². The Labute approximate surface area is 129 Å². The predicted molar refractivity (Wildman–Crippen MR) is 86.6 cm³/mol. The Morgan fingerprint density at radius 2 is 1.67 bits per heavy atom. The summed E-state index contributed by atoms with van der Waals surface area (Å²) in [6.07, 6.45) is 0.492.